The van der Waals surface area contributed by atoms with Crippen LogP contribution in [-0.4, -0.2) is 45.4 Å². The molecule has 0 aliphatic rings. The van der Waals surface area contributed by atoms with Gasteiger partial charge in [-0.05, 0) is 6.07 Å². The highest BCUT2D eigenvalue weighted by Gasteiger charge is 2.12. The van der Waals surface area contributed by atoms with Gasteiger partial charge in [-0.2, -0.15) is 5.26 Å². The molecular weight excluding hydrogens is 247 g/mol. The van der Waals surface area contributed by atoms with Gasteiger partial charge < -0.3 is 9.47 Å². The van der Waals surface area contributed by atoms with E-state index in [0.29, 0.717) is 38.4 Å². The first-order chi connectivity index (χ1) is 9.22. The summed E-state index contributed by atoms with van der Waals surface area (Å²) in [5.41, 5.74) is 0.599. The molecule has 1 aromatic carbocycles. The summed E-state index contributed by atoms with van der Waals surface area (Å²) < 4.78 is 24.0. The summed E-state index contributed by atoms with van der Waals surface area (Å²) >= 11 is 0. The number of rotatable bonds is 8. The highest BCUT2D eigenvalue weighted by molar-refractivity contribution is 5.34. The van der Waals surface area contributed by atoms with Gasteiger partial charge >= 0.3 is 0 Å². The van der Waals surface area contributed by atoms with Crippen molar-refractivity contribution in [2.45, 2.75) is 6.54 Å². The number of hydrogen-bond acceptors (Lipinski definition) is 4. The first-order valence-electron chi connectivity index (χ1n) is 6.10. The minimum absolute atomic E-state index is 0.0796. The van der Waals surface area contributed by atoms with Crippen molar-refractivity contribution in [3.05, 3.63) is 35.1 Å². The Hall–Kier alpha value is -1.48. The Morgan fingerprint density at radius 2 is 1.84 bits per heavy atom. The number of ether oxygens (including phenoxy) is 2. The van der Waals surface area contributed by atoms with Crippen molar-refractivity contribution in [3.8, 4) is 6.07 Å². The second kappa shape index (κ2) is 8.59. The van der Waals surface area contributed by atoms with Crippen molar-refractivity contribution >= 4 is 0 Å². The van der Waals surface area contributed by atoms with Gasteiger partial charge in [0.25, 0.3) is 0 Å². The van der Waals surface area contributed by atoms with Gasteiger partial charge in [0.1, 0.15) is 11.9 Å². The van der Waals surface area contributed by atoms with Gasteiger partial charge in [0.05, 0.1) is 18.8 Å². The first kappa shape index (κ1) is 15.6. The molecule has 0 saturated heterocycles. The van der Waals surface area contributed by atoms with Crippen molar-refractivity contribution in [3.63, 3.8) is 0 Å². The molecule has 0 N–H and O–H groups in total. The van der Waals surface area contributed by atoms with Crippen LogP contribution in [0, 0.1) is 17.1 Å². The maximum absolute atomic E-state index is 14.0. The van der Waals surface area contributed by atoms with E-state index in [1.807, 2.05) is 11.0 Å². The summed E-state index contributed by atoms with van der Waals surface area (Å²) in [4.78, 5) is 2.03. The third-order valence-electron chi connectivity index (χ3n) is 2.82. The molecule has 1 rings (SSSR count). The first-order valence-corrected chi connectivity index (χ1v) is 6.10. The van der Waals surface area contributed by atoms with Gasteiger partial charge in [-0.15, -0.1) is 0 Å². The minimum atomic E-state index is -0.440. The van der Waals surface area contributed by atoms with Crippen LogP contribution in [0.4, 0.5) is 4.39 Å². The second-order valence-corrected chi connectivity index (χ2v) is 4.15. The fourth-order valence-electron chi connectivity index (χ4n) is 1.74. The maximum Gasteiger partial charge on any atom is 0.145 e. The summed E-state index contributed by atoms with van der Waals surface area (Å²) in [5.74, 6) is -0.440. The van der Waals surface area contributed by atoms with Crippen molar-refractivity contribution < 1.29 is 13.9 Å². The van der Waals surface area contributed by atoms with Crippen LogP contribution in [-0.2, 0) is 16.0 Å². The van der Waals surface area contributed by atoms with E-state index in [2.05, 4.69) is 0 Å². The largest absolute Gasteiger partial charge is 0.383 e. The minimum Gasteiger partial charge on any atom is -0.383 e. The highest BCUT2D eigenvalue weighted by Crippen LogP contribution is 2.14. The summed E-state index contributed by atoms with van der Waals surface area (Å²) in [5, 5.41) is 8.82. The van der Waals surface area contributed by atoms with Crippen LogP contribution < -0.4 is 0 Å². The summed E-state index contributed by atoms with van der Waals surface area (Å²) in [6.07, 6.45) is 0. The number of halogens is 1. The Balaban J connectivity index is 2.74. The topological polar surface area (TPSA) is 45.5 Å². The van der Waals surface area contributed by atoms with E-state index in [9.17, 15) is 4.39 Å². The van der Waals surface area contributed by atoms with Crippen molar-refractivity contribution in [1.29, 1.82) is 5.26 Å². The lowest BCUT2D eigenvalue weighted by Crippen LogP contribution is -2.30. The van der Waals surface area contributed by atoms with E-state index < -0.39 is 5.82 Å². The molecule has 0 saturated carbocycles. The van der Waals surface area contributed by atoms with Crippen molar-refractivity contribution in [1.82, 2.24) is 4.90 Å². The molecule has 0 bridgehead atoms. The quantitative estimate of drug-likeness (QED) is 0.719. The molecule has 0 heterocycles. The number of methoxy groups -OCH3 is 2. The lowest BCUT2D eigenvalue weighted by atomic mass is 10.1. The SMILES string of the molecule is COCCN(CCOC)Cc1cccc(C#N)c1F. The molecule has 4 nitrogen and oxygen atoms in total. The Morgan fingerprint density at radius 1 is 1.21 bits per heavy atom. The predicted molar refractivity (Wildman–Crippen MR) is 70.1 cm³/mol. The van der Waals surface area contributed by atoms with Crippen LogP contribution in [0.2, 0.25) is 0 Å². The molecule has 0 aliphatic heterocycles. The van der Waals surface area contributed by atoms with Gasteiger partial charge in [0.15, 0.2) is 0 Å². The summed E-state index contributed by atoms with van der Waals surface area (Å²) in [7, 11) is 3.26. The molecule has 0 aliphatic carbocycles. The summed E-state index contributed by atoms with van der Waals surface area (Å²) in [6.45, 7) is 2.97. The van der Waals surface area contributed by atoms with Crippen LogP contribution >= 0.6 is 0 Å². The standard InChI is InChI=1S/C14H19FN2O2/c1-18-8-6-17(7-9-19-2)11-13-5-3-4-12(10-16)14(13)15/h3-5H,6-9,11H2,1-2H3. The number of hydrogen-bond donors (Lipinski definition) is 0. The average Bonchev–Trinajstić information content (AvgIpc) is 2.43. The Bertz CT molecular complexity index is 424. The maximum atomic E-state index is 14.0. The second-order valence-electron chi connectivity index (χ2n) is 4.15. The number of benzene rings is 1. The van der Waals surface area contributed by atoms with E-state index >= 15 is 0 Å². The molecule has 0 aromatic heterocycles. The molecule has 19 heavy (non-hydrogen) atoms. The van der Waals surface area contributed by atoms with E-state index in [-0.39, 0.29) is 5.56 Å². The van der Waals surface area contributed by atoms with Crippen LogP contribution in [0.1, 0.15) is 11.1 Å². The fraction of sp³-hybridized carbons (Fsp3) is 0.500. The van der Waals surface area contributed by atoms with Crippen LogP contribution in [0.5, 0.6) is 0 Å². The third-order valence-corrected chi connectivity index (χ3v) is 2.82. The molecule has 0 amide bonds. The normalized spacial score (nSPS) is 10.7. The van der Waals surface area contributed by atoms with Gasteiger partial charge in [-0.3, -0.25) is 4.90 Å². The van der Waals surface area contributed by atoms with Crippen molar-refractivity contribution in [2.24, 2.45) is 0 Å². The average molecular weight is 266 g/mol. The van der Waals surface area contributed by atoms with Gasteiger partial charge in [-0.1, -0.05) is 12.1 Å². The smallest absolute Gasteiger partial charge is 0.145 e. The molecule has 1 aromatic rings. The van der Waals surface area contributed by atoms with Crippen LogP contribution in [0.3, 0.4) is 0 Å². The Labute approximate surface area is 113 Å². The molecule has 5 heteroatoms. The molecule has 0 radical (unpaired) electrons. The van der Waals surface area contributed by atoms with E-state index in [1.165, 1.54) is 6.07 Å². The zero-order valence-electron chi connectivity index (χ0n) is 11.4. The molecule has 0 spiro atoms. The molecule has 0 unspecified atom stereocenters. The fourth-order valence-corrected chi connectivity index (χ4v) is 1.74. The molecular formula is C14H19FN2O2. The number of nitriles is 1. The Kier molecular flexibility index (Phi) is 7.04. The Morgan fingerprint density at radius 3 is 2.37 bits per heavy atom. The predicted octanol–water partition coefficient (Wildman–Crippen LogP) is 1.79. The zero-order valence-corrected chi connectivity index (χ0v) is 11.4. The molecule has 0 fully saturated rings. The molecule has 104 valence electrons. The van der Waals surface area contributed by atoms with Gasteiger partial charge in [0, 0.05) is 39.4 Å². The highest BCUT2D eigenvalue weighted by atomic mass is 19.1. The van der Waals surface area contributed by atoms with E-state index in [0.717, 1.165) is 0 Å². The molecule has 0 atom stereocenters. The lowest BCUT2D eigenvalue weighted by Gasteiger charge is -2.22. The third kappa shape index (κ3) is 4.95. The van der Waals surface area contributed by atoms with E-state index in [1.54, 1.807) is 26.4 Å². The van der Waals surface area contributed by atoms with Crippen LogP contribution in [0.15, 0.2) is 18.2 Å². The zero-order chi connectivity index (χ0) is 14.1. The van der Waals surface area contributed by atoms with Crippen LogP contribution in [0.25, 0.3) is 0 Å². The summed E-state index contributed by atoms with van der Waals surface area (Å²) in [6, 6.07) is 6.73. The van der Waals surface area contributed by atoms with E-state index in [4.69, 9.17) is 14.7 Å². The monoisotopic (exact) mass is 266 g/mol. The number of nitrogens with zero attached hydrogens (tertiary/aromatic N) is 2. The van der Waals surface area contributed by atoms with Gasteiger partial charge in [-0.25, -0.2) is 4.39 Å². The van der Waals surface area contributed by atoms with Gasteiger partial charge in [0.2, 0.25) is 0 Å². The van der Waals surface area contributed by atoms with Crippen molar-refractivity contribution in [2.75, 3.05) is 40.5 Å². The lowest BCUT2D eigenvalue weighted by molar-refractivity contribution is 0.109.